The smallest absolute Gasteiger partial charge is 0.220 e. The Morgan fingerprint density at radius 2 is 1.52 bits per heavy atom. The van der Waals surface area contributed by atoms with Crippen molar-refractivity contribution in [3.05, 3.63) is 48.2 Å². The van der Waals surface area contributed by atoms with Crippen LogP contribution in [-0.2, 0) is 11.2 Å². The second-order valence-electron chi connectivity index (χ2n) is 8.79. The monoisotopic (exact) mass is 424 g/mol. The third-order valence-electron chi connectivity index (χ3n) is 6.06. The van der Waals surface area contributed by atoms with Crippen molar-refractivity contribution in [1.82, 2.24) is 10.3 Å². The molecule has 172 valence electrons. The third-order valence-corrected chi connectivity index (χ3v) is 6.06. The van der Waals surface area contributed by atoms with E-state index in [2.05, 4.69) is 53.8 Å². The molecule has 1 aromatic heterocycles. The molecule has 0 radical (unpaired) electrons. The van der Waals surface area contributed by atoms with E-state index in [1.165, 1.54) is 81.6 Å². The molecule has 0 atom stereocenters. The minimum atomic E-state index is 0.192. The van der Waals surface area contributed by atoms with E-state index in [-0.39, 0.29) is 5.91 Å². The van der Waals surface area contributed by atoms with Crippen LogP contribution >= 0.6 is 0 Å². The Kier molecular flexibility index (Phi) is 13.5. The largest absolute Gasteiger partial charge is 0.361 e. The van der Waals surface area contributed by atoms with Crippen LogP contribution in [0.2, 0.25) is 0 Å². The summed E-state index contributed by atoms with van der Waals surface area (Å²) < 4.78 is 0. The molecule has 3 heteroatoms. The van der Waals surface area contributed by atoms with Crippen molar-refractivity contribution in [2.75, 3.05) is 6.54 Å². The fourth-order valence-corrected chi connectivity index (χ4v) is 4.12. The SMILES string of the molecule is CCCCCCCC/C=C/CCCCCCCC(=O)NCCc1c[nH]c2ccccc12. The van der Waals surface area contributed by atoms with E-state index in [9.17, 15) is 4.79 Å². The fourth-order valence-electron chi connectivity index (χ4n) is 4.12. The number of nitrogens with one attached hydrogen (secondary N) is 2. The lowest BCUT2D eigenvalue weighted by atomic mass is 10.1. The van der Waals surface area contributed by atoms with Crippen LogP contribution in [-0.4, -0.2) is 17.4 Å². The zero-order chi connectivity index (χ0) is 22.0. The number of amides is 1. The minimum Gasteiger partial charge on any atom is -0.361 e. The first-order chi connectivity index (χ1) is 15.3. The first-order valence-electron chi connectivity index (χ1n) is 12.8. The average molecular weight is 425 g/mol. The topological polar surface area (TPSA) is 44.9 Å². The quantitative estimate of drug-likeness (QED) is 0.186. The highest BCUT2D eigenvalue weighted by atomic mass is 16.1. The Morgan fingerprint density at radius 1 is 0.871 bits per heavy atom. The molecular weight excluding hydrogens is 380 g/mol. The molecule has 0 unspecified atom stereocenters. The summed E-state index contributed by atoms with van der Waals surface area (Å²) in [7, 11) is 0. The maximum atomic E-state index is 12.0. The molecule has 2 rings (SSSR count). The van der Waals surface area contributed by atoms with Crippen LogP contribution in [0.4, 0.5) is 0 Å². The molecule has 2 N–H and O–H groups in total. The molecule has 0 fully saturated rings. The summed E-state index contributed by atoms with van der Waals surface area (Å²) in [4.78, 5) is 15.3. The van der Waals surface area contributed by atoms with Gasteiger partial charge >= 0.3 is 0 Å². The number of unbranched alkanes of at least 4 members (excludes halogenated alkanes) is 11. The van der Waals surface area contributed by atoms with Gasteiger partial charge in [-0.3, -0.25) is 4.79 Å². The summed E-state index contributed by atoms with van der Waals surface area (Å²) in [5.41, 5.74) is 2.44. The van der Waals surface area contributed by atoms with Gasteiger partial charge < -0.3 is 10.3 Å². The lowest BCUT2D eigenvalue weighted by molar-refractivity contribution is -0.121. The van der Waals surface area contributed by atoms with Gasteiger partial charge in [0, 0.05) is 30.1 Å². The Labute approximate surface area is 190 Å². The van der Waals surface area contributed by atoms with Gasteiger partial charge in [0.15, 0.2) is 0 Å². The lowest BCUT2D eigenvalue weighted by Crippen LogP contribution is -2.25. The molecule has 2 aromatic rings. The van der Waals surface area contributed by atoms with Crippen molar-refractivity contribution in [2.45, 2.75) is 103 Å². The van der Waals surface area contributed by atoms with E-state index >= 15 is 0 Å². The lowest BCUT2D eigenvalue weighted by Gasteiger charge is -2.05. The Hall–Kier alpha value is -2.03. The van der Waals surface area contributed by atoms with E-state index < -0.39 is 0 Å². The van der Waals surface area contributed by atoms with Crippen LogP contribution in [0.1, 0.15) is 102 Å². The second kappa shape index (κ2) is 16.6. The van der Waals surface area contributed by atoms with E-state index in [0.29, 0.717) is 13.0 Å². The van der Waals surface area contributed by atoms with Gasteiger partial charge in [0.05, 0.1) is 0 Å². The van der Waals surface area contributed by atoms with Crippen molar-refractivity contribution in [1.29, 1.82) is 0 Å². The zero-order valence-electron chi connectivity index (χ0n) is 19.8. The predicted octanol–water partition coefficient (Wildman–Crippen LogP) is 7.86. The number of benzene rings is 1. The van der Waals surface area contributed by atoms with Gasteiger partial charge in [0.2, 0.25) is 5.91 Å². The Bertz CT molecular complexity index is 746. The number of fused-ring (bicyclic) bond motifs is 1. The van der Waals surface area contributed by atoms with Crippen LogP contribution in [0, 0.1) is 0 Å². The molecule has 0 saturated heterocycles. The normalized spacial score (nSPS) is 11.5. The maximum Gasteiger partial charge on any atom is 0.220 e. The van der Waals surface area contributed by atoms with Gasteiger partial charge in [0.25, 0.3) is 0 Å². The molecule has 0 spiro atoms. The highest BCUT2D eigenvalue weighted by molar-refractivity contribution is 5.83. The van der Waals surface area contributed by atoms with Gasteiger partial charge in [-0.1, -0.05) is 88.6 Å². The summed E-state index contributed by atoms with van der Waals surface area (Å²) >= 11 is 0. The van der Waals surface area contributed by atoms with Crippen LogP contribution in [0.3, 0.4) is 0 Å². The number of allylic oxidation sites excluding steroid dienone is 2. The predicted molar refractivity (Wildman–Crippen MR) is 134 cm³/mol. The number of hydrogen-bond acceptors (Lipinski definition) is 1. The van der Waals surface area contributed by atoms with E-state index in [0.717, 1.165) is 24.8 Å². The second-order valence-corrected chi connectivity index (χ2v) is 8.79. The molecule has 31 heavy (non-hydrogen) atoms. The summed E-state index contributed by atoms with van der Waals surface area (Å²) in [6.45, 7) is 2.99. The summed E-state index contributed by atoms with van der Waals surface area (Å²) in [6, 6.07) is 8.32. The van der Waals surface area contributed by atoms with Gasteiger partial charge in [-0.05, 0) is 50.2 Å². The minimum absolute atomic E-state index is 0.192. The fraction of sp³-hybridized carbons (Fsp3) is 0.607. The highest BCUT2D eigenvalue weighted by Crippen LogP contribution is 2.17. The highest BCUT2D eigenvalue weighted by Gasteiger charge is 2.04. The summed E-state index contributed by atoms with van der Waals surface area (Å²) in [6.07, 6.45) is 25.1. The zero-order valence-corrected chi connectivity index (χ0v) is 19.8. The molecule has 1 aromatic carbocycles. The van der Waals surface area contributed by atoms with Gasteiger partial charge in [-0.25, -0.2) is 0 Å². The van der Waals surface area contributed by atoms with E-state index in [1.807, 2.05) is 6.07 Å². The van der Waals surface area contributed by atoms with Crippen molar-refractivity contribution >= 4 is 16.8 Å². The number of carbonyl (C=O) groups is 1. The van der Waals surface area contributed by atoms with E-state index in [4.69, 9.17) is 0 Å². The molecule has 0 aliphatic carbocycles. The number of aromatic nitrogens is 1. The molecule has 1 heterocycles. The van der Waals surface area contributed by atoms with Crippen molar-refractivity contribution in [2.24, 2.45) is 0 Å². The maximum absolute atomic E-state index is 12.0. The van der Waals surface area contributed by atoms with Gasteiger partial charge in [-0.15, -0.1) is 0 Å². The molecule has 1 amide bonds. The molecule has 0 aliphatic rings. The summed E-state index contributed by atoms with van der Waals surface area (Å²) in [5, 5.41) is 4.33. The number of hydrogen-bond donors (Lipinski definition) is 2. The summed E-state index contributed by atoms with van der Waals surface area (Å²) in [5.74, 6) is 0.192. The Balaban J connectivity index is 1.37. The number of rotatable bonds is 18. The molecular formula is C28H44N2O. The number of para-hydroxylation sites is 1. The van der Waals surface area contributed by atoms with Crippen LogP contribution in [0.15, 0.2) is 42.6 Å². The molecule has 0 saturated carbocycles. The van der Waals surface area contributed by atoms with Gasteiger partial charge in [-0.2, -0.15) is 0 Å². The third kappa shape index (κ3) is 11.2. The molecule has 3 nitrogen and oxygen atoms in total. The molecule has 0 aliphatic heterocycles. The van der Waals surface area contributed by atoms with Crippen LogP contribution in [0.25, 0.3) is 10.9 Å². The van der Waals surface area contributed by atoms with Crippen molar-refractivity contribution in [3.63, 3.8) is 0 Å². The standard InChI is InChI=1S/C28H44N2O/c1-2-3-4-5-6-7-8-9-10-11-12-13-14-15-16-21-28(31)29-23-22-25-24-30-27-20-18-17-19-26(25)27/h9-10,17-20,24,30H,2-8,11-16,21-23H2,1H3,(H,29,31)/b10-9+. The van der Waals surface area contributed by atoms with Crippen molar-refractivity contribution in [3.8, 4) is 0 Å². The number of carbonyl (C=O) groups excluding carboxylic acids is 1. The number of H-pyrrole nitrogens is 1. The van der Waals surface area contributed by atoms with Crippen LogP contribution < -0.4 is 5.32 Å². The van der Waals surface area contributed by atoms with Crippen LogP contribution in [0.5, 0.6) is 0 Å². The van der Waals surface area contributed by atoms with Gasteiger partial charge in [0.1, 0.15) is 0 Å². The molecule has 0 bridgehead atoms. The average Bonchev–Trinajstić information content (AvgIpc) is 3.19. The van der Waals surface area contributed by atoms with E-state index in [1.54, 1.807) is 0 Å². The first kappa shape index (κ1) is 25.2. The number of aromatic amines is 1. The Morgan fingerprint density at radius 3 is 2.26 bits per heavy atom. The first-order valence-corrected chi connectivity index (χ1v) is 12.8. The van der Waals surface area contributed by atoms with Crippen molar-refractivity contribution < 1.29 is 4.79 Å².